The summed E-state index contributed by atoms with van der Waals surface area (Å²) in [5, 5.41) is 10.9. The first-order valence-corrected chi connectivity index (χ1v) is 5.06. The Balaban J connectivity index is 2.70. The van der Waals surface area contributed by atoms with Crippen LogP contribution >= 0.6 is 0 Å². The summed E-state index contributed by atoms with van der Waals surface area (Å²) in [6.07, 6.45) is 0. The van der Waals surface area contributed by atoms with E-state index in [9.17, 15) is 10.1 Å². The lowest BCUT2D eigenvalue weighted by molar-refractivity contribution is -0.384. The molecule has 1 aromatic carbocycles. The van der Waals surface area contributed by atoms with E-state index >= 15 is 0 Å². The van der Waals surface area contributed by atoms with Crippen molar-refractivity contribution < 1.29 is 4.92 Å². The summed E-state index contributed by atoms with van der Waals surface area (Å²) < 4.78 is 0. The fourth-order valence-corrected chi connectivity index (χ4v) is 1.65. The summed E-state index contributed by atoms with van der Waals surface area (Å²) in [4.78, 5) is 14.6. The maximum Gasteiger partial charge on any atom is 0.295 e. The average molecular weight is 229 g/mol. The van der Waals surface area contributed by atoms with Crippen molar-refractivity contribution >= 4 is 11.5 Å². The van der Waals surface area contributed by atoms with Gasteiger partial charge in [-0.25, -0.2) is 4.98 Å². The van der Waals surface area contributed by atoms with Crippen LogP contribution < -0.4 is 5.73 Å². The molecule has 2 aromatic rings. The first-order chi connectivity index (χ1) is 8.09. The third-order valence-corrected chi connectivity index (χ3v) is 2.49. The van der Waals surface area contributed by atoms with Crippen molar-refractivity contribution in [3.8, 4) is 11.3 Å². The number of aromatic nitrogens is 1. The van der Waals surface area contributed by atoms with Crippen molar-refractivity contribution in [3.63, 3.8) is 0 Å². The highest BCUT2D eigenvalue weighted by atomic mass is 16.6. The molecule has 0 radical (unpaired) electrons. The first kappa shape index (κ1) is 11.1. The SMILES string of the molecule is Cc1ccccc1-c1nc(N)ccc1[N+](=O)[O-]. The Morgan fingerprint density at radius 2 is 1.94 bits per heavy atom. The molecule has 0 aliphatic carbocycles. The van der Waals surface area contributed by atoms with E-state index in [1.165, 1.54) is 12.1 Å². The number of rotatable bonds is 2. The van der Waals surface area contributed by atoms with Crippen LogP contribution in [0.4, 0.5) is 11.5 Å². The molecular weight excluding hydrogens is 218 g/mol. The molecule has 0 saturated carbocycles. The lowest BCUT2D eigenvalue weighted by Crippen LogP contribution is -1.99. The summed E-state index contributed by atoms with van der Waals surface area (Å²) in [5.74, 6) is 0.272. The number of hydrogen-bond acceptors (Lipinski definition) is 4. The Morgan fingerprint density at radius 1 is 1.24 bits per heavy atom. The van der Waals surface area contributed by atoms with E-state index in [0.717, 1.165) is 11.1 Å². The van der Waals surface area contributed by atoms with Gasteiger partial charge in [0, 0.05) is 11.6 Å². The molecule has 0 aliphatic heterocycles. The Hall–Kier alpha value is -2.43. The number of hydrogen-bond donors (Lipinski definition) is 1. The minimum atomic E-state index is -0.450. The van der Waals surface area contributed by atoms with Crippen LogP contribution in [-0.2, 0) is 0 Å². The van der Waals surface area contributed by atoms with Gasteiger partial charge >= 0.3 is 0 Å². The van der Waals surface area contributed by atoms with Crippen molar-refractivity contribution in [1.82, 2.24) is 4.98 Å². The second-order valence-corrected chi connectivity index (χ2v) is 3.68. The predicted octanol–water partition coefficient (Wildman–Crippen LogP) is 2.55. The van der Waals surface area contributed by atoms with Crippen LogP contribution in [0.2, 0.25) is 0 Å². The number of anilines is 1. The summed E-state index contributed by atoms with van der Waals surface area (Å²) in [5.41, 5.74) is 7.51. The number of nitrogens with zero attached hydrogens (tertiary/aromatic N) is 2. The zero-order valence-corrected chi connectivity index (χ0v) is 9.25. The third-order valence-electron chi connectivity index (χ3n) is 2.49. The van der Waals surface area contributed by atoms with Gasteiger partial charge in [-0.3, -0.25) is 10.1 Å². The molecule has 0 amide bonds. The molecule has 0 saturated heterocycles. The van der Waals surface area contributed by atoms with Gasteiger partial charge in [-0.1, -0.05) is 24.3 Å². The second-order valence-electron chi connectivity index (χ2n) is 3.68. The van der Waals surface area contributed by atoms with Gasteiger partial charge in [0.1, 0.15) is 5.82 Å². The van der Waals surface area contributed by atoms with Crippen molar-refractivity contribution in [1.29, 1.82) is 0 Å². The number of nitro groups is 1. The van der Waals surface area contributed by atoms with Gasteiger partial charge in [0.05, 0.1) is 4.92 Å². The van der Waals surface area contributed by atoms with Crippen LogP contribution in [0.5, 0.6) is 0 Å². The van der Waals surface area contributed by atoms with Crippen molar-refractivity contribution in [3.05, 3.63) is 52.1 Å². The van der Waals surface area contributed by atoms with Gasteiger partial charge in [-0.2, -0.15) is 0 Å². The quantitative estimate of drug-likeness (QED) is 0.633. The summed E-state index contributed by atoms with van der Waals surface area (Å²) in [7, 11) is 0. The zero-order chi connectivity index (χ0) is 12.4. The molecule has 0 spiro atoms. The van der Waals surface area contributed by atoms with Gasteiger partial charge in [0.15, 0.2) is 5.69 Å². The van der Waals surface area contributed by atoms with Crippen LogP contribution in [0.25, 0.3) is 11.3 Å². The molecule has 0 unspecified atom stereocenters. The summed E-state index contributed by atoms with van der Waals surface area (Å²) in [6, 6.07) is 10.2. The predicted molar refractivity (Wildman–Crippen MR) is 65.5 cm³/mol. The van der Waals surface area contributed by atoms with Gasteiger partial charge in [-0.15, -0.1) is 0 Å². The fourth-order valence-electron chi connectivity index (χ4n) is 1.65. The van der Waals surface area contributed by atoms with E-state index in [1.54, 1.807) is 6.07 Å². The van der Waals surface area contributed by atoms with Crippen molar-refractivity contribution in [2.75, 3.05) is 5.73 Å². The lowest BCUT2D eigenvalue weighted by atomic mass is 10.0. The molecule has 86 valence electrons. The van der Waals surface area contributed by atoms with Gasteiger partial charge < -0.3 is 5.73 Å². The summed E-state index contributed by atoms with van der Waals surface area (Å²) >= 11 is 0. The van der Waals surface area contributed by atoms with Crippen LogP contribution in [0.15, 0.2) is 36.4 Å². The van der Waals surface area contributed by atoms with Gasteiger partial charge in [0.25, 0.3) is 5.69 Å². The average Bonchev–Trinajstić information content (AvgIpc) is 2.29. The van der Waals surface area contributed by atoms with Gasteiger partial charge in [0.2, 0.25) is 0 Å². The topological polar surface area (TPSA) is 82.0 Å². The van der Waals surface area contributed by atoms with Crippen molar-refractivity contribution in [2.24, 2.45) is 0 Å². The maximum atomic E-state index is 10.9. The highest BCUT2D eigenvalue weighted by molar-refractivity contribution is 5.73. The molecule has 1 heterocycles. The standard InChI is InChI=1S/C12H11N3O2/c1-8-4-2-3-5-9(8)12-10(15(16)17)6-7-11(13)14-12/h2-7H,1H3,(H2,13,14). The van der Waals surface area contributed by atoms with Gasteiger partial charge in [-0.05, 0) is 18.6 Å². The largest absolute Gasteiger partial charge is 0.384 e. The number of nitrogen functional groups attached to an aromatic ring is 1. The normalized spacial score (nSPS) is 10.2. The van der Waals surface area contributed by atoms with E-state index in [1.807, 2.05) is 25.1 Å². The molecule has 5 heteroatoms. The molecule has 0 atom stereocenters. The van der Waals surface area contributed by atoms with E-state index in [-0.39, 0.29) is 11.5 Å². The Morgan fingerprint density at radius 3 is 2.59 bits per heavy atom. The third kappa shape index (κ3) is 2.08. The molecule has 0 bridgehead atoms. The minimum Gasteiger partial charge on any atom is -0.384 e. The van der Waals surface area contributed by atoms with Crippen molar-refractivity contribution in [2.45, 2.75) is 6.92 Å². The molecule has 5 nitrogen and oxygen atoms in total. The molecule has 0 aliphatic rings. The number of nitrogens with two attached hydrogens (primary N) is 1. The van der Waals surface area contributed by atoms with Crippen LogP contribution in [0.3, 0.4) is 0 Å². The van der Waals surface area contributed by atoms with E-state index in [2.05, 4.69) is 4.98 Å². The summed E-state index contributed by atoms with van der Waals surface area (Å²) in [6.45, 7) is 1.88. The van der Waals surface area contributed by atoms with Crippen LogP contribution in [-0.4, -0.2) is 9.91 Å². The van der Waals surface area contributed by atoms with E-state index in [4.69, 9.17) is 5.73 Å². The fraction of sp³-hybridized carbons (Fsp3) is 0.0833. The molecule has 1 aromatic heterocycles. The first-order valence-electron chi connectivity index (χ1n) is 5.06. The minimum absolute atomic E-state index is 0.0338. The Kier molecular flexibility index (Phi) is 2.74. The maximum absolute atomic E-state index is 10.9. The smallest absolute Gasteiger partial charge is 0.295 e. The highest BCUT2D eigenvalue weighted by Gasteiger charge is 2.18. The monoisotopic (exact) mass is 229 g/mol. The molecule has 2 N–H and O–H groups in total. The van der Waals surface area contributed by atoms with E-state index < -0.39 is 4.92 Å². The molecule has 17 heavy (non-hydrogen) atoms. The number of pyridine rings is 1. The zero-order valence-electron chi connectivity index (χ0n) is 9.25. The second kappa shape index (κ2) is 4.21. The Labute approximate surface area is 98.1 Å². The number of aryl methyl sites for hydroxylation is 1. The van der Waals surface area contributed by atoms with Crippen LogP contribution in [0, 0.1) is 17.0 Å². The molecule has 0 fully saturated rings. The molecule has 2 rings (SSSR count). The highest BCUT2D eigenvalue weighted by Crippen LogP contribution is 2.30. The van der Waals surface area contributed by atoms with Crippen LogP contribution in [0.1, 0.15) is 5.56 Å². The number of benzene rings is 1. The molecular formula is C12H11N3O2. The lowest BCUT2D eigenvalue weighted by Gasteiger charge is -2.06. The Bertz CT molecular complexity index is 582. The van der Waals surface area contributed by atoms with E-state index in [0.29, 0.717) is 5.69 Å².